The van der Waals surface area contributed by atoms with Crippen LogP contribution in [-0.2, 0) is 11.3 Å². The number of thiophene rings is 1. The molecule has 2 heterocycles. The topological polar surface area (TPSA) is 53.2 Å². The summed E-state index contributed by atoms with van der Waals surface area (Å²) in [7, 11) is 0. The lowest BCUT2D eigenvalue weighted by Crippen LogP contribution is -2.55. The van der Waals surface area contributed by atoms with Crippen LogP contribution in [0.5, 0.6) is 0 Å². The van der Waals surface area contributed by atoms with Crippen molar-refractivity contribution in [2.24, 2.45) is 0 Å². The van der Waals surface area contributed by atoms with Crippen LogP contribution in [0.3, 0.4) is 0 Å². The maximum absolute atomic E-state index is 11.7. The van der Waals surface area contributed by atoms with E-state index in [2.05, 4.69) is 16.0 Å². The molecule has 1 aromatic rings. The molecule has 3 N–H and O–H groups in total. The number of carbonyl (C=O) groups excluding carboxylic acids is 1. The third-order valence-corrected chi connectivity index (χ3v) is 3.25. The minimum Gasteiger partial charge on any atom is -0.350 e. The average molecular weight is 225 g/mol. The highest BCUT2D eigenvalue weighted by atomic mass is 32.1. The molecule has 4 nitrogen and oxygen atoms in total. The first-order valence-corrected chi connectivity index (χ1v) is 5.98. The van der Waals surface area contributed by atoms with Crippen molar-refractivity contribution in [2.75, 3.05) is 19.6 Å². The number of carbonyl (C=O) groups is 1. The van der Waals surface area contributed by atoms with E-state index in [0.29, 0.717) is 6.54 Å². The van der Waals surface area contributed by atoms with E-state index in [1.165, 1.54) is 4.88 Å². The van der Waals surface area contributed by atoms with E-state index in [1.54, 1.807) is 11.3 Å². The third kappa shape index (κ3) is 3.02. The van der Waals surface area contributed by atoms with Gasteiger partial charge in [0.2, 0.25) is 5.91 Å². The molecule has 1 aliphatic rings. The standard InChI is InChI=1S/C10H15N3OS/c14-10(9-7-11-3-4-12-9)13-6-8-2-1-5-15-8/h1-2,5,9,11-12H,3-4,6-7H2,(H,13,14). The Hall–Kier alpha value is -0.910. The van der Waals surface area contributed by atoms with Gasteiger partial charge in [0, 0.05) is 24.5 Å². The molecular weight excluding hydrogens is 210 g/mol. The minimum atomic E-state index is -0.0845. The highest BCUT2D eigenvalue weighted by Gasteiger charge is 2.19. The van der Waals surface area contributed by atoms with Gasteiger partial charge < -0.3 is 16.0 Å². The van der Waals surface area contributed by atoms with Crippen LogP contribution in [0.2, 0.25) is 0 Å². The molecule has 1 unspecified atom stereocenters. The van der Waals surface area contributed by atoms with Gasteiger partial charge in [-0.3, -0.25) is 4.79 Å². The normalized spacial score (nSPS) is 21.2. The molecule has 0 saturated carbocycles. The fourth-order valence-corrected chi connectivity index (χ4v) is 2.19. The summed E-state index contributed by atoms with van der Waals surface area (Å²) in [5.41, 5.74) is 0. The lowest BCUT2D eigenvalue weighted by Gasteiger charge is -2.23. The highest BCUT2D eigenvalue weighted by molar-refractivity contribution is 7.09. The molecule has 0 aromatic carbocycles. The minimum absolute atomic E-state index is 0.0793. The largest absolute Gasteiger partial charge is 0.350 e. The second kappa shape index (κ2) is 5.25. The SMILES string of the molecule is O=C(NCc1cccs1)C1CNCCN1. The molecular formula is C10H15N3OS. The molecule has 0 aliphatic carbocycles. The lowest BCUT2D eigenvalue weighted by molar-refractivity contribution is -0.123. The highest BCUT2D eigenvalue weighted by Crippen LogP contribution is 2.07. The number of hydrogen-bond donors (Lipinski definition) is 3. The van der Waals surface area contributed by atoms with Crippen molar-refractivity contribution in [1.82, 2.24) is 16.0 Å². The van der Waals surface area contributed by atoms with E-state index in [4.69, 9.17) is 0 Å². The summed E-state index contributed by atoms with van der Waals surface area (Å²) in [5, 5.41) is 11.3. The molecule has 1 atom stereocenters. The summed E-state index contributed by atoms with van der Waals surface area (Å²) in [6.45, 7) is 3.15. The Kier molecular flexibility index (Phi) is 3.71. The maximum atomic E-state index is 11.7. The van der Waals surface area contributed by atoms with Gasteiger partial charge in [0.1, 0.15) is 0 Å². The Balaban J connectivity index is 1.76. The van der Waals surface area contributed by atoms with Crippen molar-refractivity contribution in [2.45, 2.75) is 12.6 Å². The summed E-state index contributed by atoms with van der Waals surface area (Å²) in [6.07, 6.45) is 0. The van der Waals surface area contributed by atoms with Gasteiger partial charge in [-0.25, -0.2) is 0 Å². The lowest BCUT2D eigenvalue weighted by atomic mass is 10.2. The van der Waals surface area contributed by atoms with Crippen molar-refractivity contribution in [3.05, 3.63) is 22.4 Å². The average Bonchev–Trinajstić information content (AvgIpc) is 2.80. The van der Waals surface area contributed by atoms with Gasteiger partial charge >= 0.3 is 0 Å². The van der Waals surface area contributed by atoms with Gasteiger partial charge in [0.25, 0.3) is 0 Å². The van der Waals surface area contributed by atoms with Crippen LogP contribution in [0.4, 0.5) is 0 Å². The van der Waals surface area contributed by atoms with Gasteiger partial charge in [-0.05, 0) is 11.4 Å². The van der Waals surface area contributed by atoms with Crippen LogP contribution in [0, 0.1) is 0 Å². The quantitative estimate of drug-likeness (QED) is 0.675. The summed E-state index contributed by atoms with van der Waals surface area (Å²) in [6, 6.07) is 3.93. The Labute approximate surface area is 93.1 Å². The van der Waals surface area contributed by atoms with Gasteiger partial charge in [0.15, 0.2) is 0 Å². The Morgan fingerprint density at radius 3 is 3.20 bits per heavy atom. The molecule has 1 amide bonds. The summed E-state index contributed by atoms with van der Waals surface area (Å²) < 4.78 is 0. The molecule has 2 rings (SSSR count). The van der Waals surface area contributed by atoms with Crippen molar-refractivity contribution in [3.63, 3.8) is 0 Å². The molecule has 1 aromatic heterocycles. The van der Waals surface area contributed by atoms with E-state index >= 15 is 0 Å². The van der Waals surface area contributed by atoms with E-state index in [0.717, 1.165) is 19.6 Å². The molecule has 0 radical (unpaired) electrons. The van der Waals surface area contributed by atoms with Crippen LogP contribution in [0.1, 0.15) is 4.88 Å². The number of nitrogens with one attached hydrogen (secondary N) is 3. The molecule has 15 heavy (non-hydrogen) atoms. The second-order valence-electron chi connectivity index (χ2n) is 3.51. The van der Waals surface area contributed by atoms with Gasteiger partial charge in [-0.15, -0.1) is 11.3 Å². The van der Waals surface area contributed by atoms with Crippen molar-refractivity contribution in [1.29, 1.82) is 0 Å². The van der Waals surface area contributed by atoms with Crippen molar-refractivity contribution < 1.29 is 4.79 Å². The van der Waals surface area contributed by atoms with E-state index < -0.39 is 0 Å². The van der Waals surface area contributed by atoms with Crippen molar-refractivity contribution >= 4 is 17.2 Å². The third-order valence-electron chi connectivity index (χ3n) is 2.37. The number of rotatable bonds is 3. The summed E-state index contributed by atoms with van der Waals surface area (Å²) in [4.78, 5) is 12.9. The molecule has 0 spiro atoms. The first-order chi connectivity index (χ1) is 7.36. The first kappa shape index (κ1) is 10.6. The molecule has 1 aliphatic heterocycles. The zero-order chi connectivity index (χ0) is 10.5. The summed E-state index contributed by atoms with van der Waals surface area (Å²) >= 11 is 1.66. The summed E-state index contributed by atoms with van der Waals surface area (Å²) in [5.74, 6) is 0.0793. The Morgan fingerprint density at radius 2 is 2.53 bits per heavy atom. The van der Waals surface area contributed by atoms with E-state index in [-0.39, 0.29) is 11.9 Å². The fraction of sp³-hybridized carbons (Fsp3) is 0.500. The predicted octanol–water partition coefficient (Wildman–Crippen LogP) is -0.0743. The number of piperazine rings is 1. The molecule has 0 bridgehead atoms. The zero-order valence-corrected chi connectivity index (χ0v) is 9.27. The van der Waals surface area contributed by atoms with Crippen LogP contribution in [0.15, 0.2) is 17.5 Å². The maximum Gasteiger partial charge on any atom is 0.238 e. The van der Waals surface area contributed by atoms with Crippen molar-refractivity contribution in [3.8, 4) is 0 Å². The van der Waals surface area contributed by atoms with Crippen LogP contribution < -0.4 is 16.0 Å². The first-order valence-electron chi connectivity index (χ1n) is 5.10. The number of hydrogen-bond acceptors (Lipinski definition) is 4. The van der Waals surface area contributed by atoms with E-state index in [9.17, 15) is 4.79 Å². The monoisotopic (exact) mass is 225 g/mol. The van der Waals surface area contributed by atoms with Crippen LogP contribution >= 0.6 is 11.3 Å². The predicted molar refractivity (Wildman–Crippen MR) is 60.8 cm³/mol. The zero-order valence-electron chi connectivity index (χ0n) is 8.45. The second-order valence-corrected chi connectivity index (χ2v) is 4.54. The molecule has 1 fully saturated rings. The smallest absolute Gasteiger partial charge is 0.238 e. The van der Waals surface area contributed by atoms with Crippen LogP contribution in [-0.4, -0.2) is 31.6 Å². The van der Waals surface area contributed by atoms with Crippen LogP contribution in [0.25, 0.3) is 0 Å². The molecule has 82 valence electrons. The Morgan fingerprint density at radius 1 is 1.60 bits per heavy atom. The van der Waals surface area contributed by atoms with Gasteiger partial charge in [0.05, 0.1) is 12.6 Å². The van der Waals surface area contributed by atoms with Gasteiger partial charge in [-0.1, -0.05) is 6.07 Å². The number of amides is 1. The molecule has 1 saturated heterocycles. The molecule has 5 heteroatoms. The van der Waals surface area contributed by atoms with Gasteiger partial charge in [-0.2, -0.15) is 0 Å². The fourth-order valence-electron chi connectivity index (χ4n) is 1.55. The van der Waals surface area contributed by atoms with E-state index in [1.807, 2.05) is 17.5 Å². The Bertz CT molecular complexity index is 306.